The topological polar surface area (TPSA) is 84.9 Å². The highest BCUT2D eigenvalue weighted by Crippen LogP contribution is 2.37. The van der Waals surface area contributed by atoms with Crippen LogP contribution in [-0.2, 0) is 19.1 Å². The number of ether oxygens (including phenoxy) is 2. The van der Waals surface area contributed by atoms with Gasteiger partial charge >= 0.3 is 12.1 Å². The van der Waals surface area contributed by atoms with Crippen molar-refractivity contribution in [3.63, 3.8) is 0 Å². The van der Waals surface area contributed by atoms with E-state index in [1.165, 1.54) is 0 Å². The van der Waals surface area contributed by atoms with Crippen LogP contribution in [0.15, 0.2) is 29.2 Å². The van der Waals surface area contributed by atoms with E-state index in [4.69, 9.17) is 9.47 Å². The molecule has 0 unspecified atom stereocenters. The van der Waals surface area contributed by atoms with E-state index in [9.17, 15) is 14.4 Å². The van der Waals surface area contributed by atoms with Crippen molar-refractivity contribution in [2.75, 3.05) is 24.6 Å². The molecule has 2 rings (SSSR count). The first-order chi connectivity index (χ1) is 13.2. The van der Waals surface area contributed by atoms with Crippen molar-refractivity contribution in [2.45, 2.75) is 56.3 Å². The van der Waals surface area contributed by atoms with Gasteiger partial charge in [0.1, 0.15) is 5.60 Å². The van der Waals surface area contributed by atoms with Gasteiger partial charge in [0.2, 0.25) is 0 Å². The summed E-state index contributed by atoms with van der Waals surface area (Å²) in [6.45, 7) is 7.75. The first-order valence-corrected chi connectivity index (χ1v) is 10.2. The van der Waals surface area contributed by atoms with Crippen molar-refractivity contribution < 1.29 is 23.9 Å². The van der Waals surface area contributed by atoms with Crippen LogP contribution in [0.5, 0.6) is 0 Å². The van der Waals surface area contributed by atoms with Crippen molar-refractivity contribution in [2.24, 2.45) is 0 Å². The molecule has 0 bridgehead atoms. The first kappa shape index (κ1) is 22.1. The minimum absolute atomic E-state index is 0.0318. The molecule has 7 nitrogen and oxygen atoms in total. The van der Waals surface area contributed by atoms with Gasteiger partial charge in [-0.05, 0) is 39.3 Å². The zero-order chi connectivity index (χ0) is 20.7. The highest BCUT2D eigenvalue weighted by molar-refractivity contribution is 8.00. The minimum Gasteiger partial charge on any atom is -0.455 e. The van der Waals surface area contributed by atoms with Gasteiger partial charge in [0.15, 0.2) is 6.61 Å². The quantitative estimate of drug-likeness (QED) is 0.752. The lowest BCUT2D eigenvalue weighted by atomic mass is 10.2. The average Bonchev–Trinajstić information content (AvgIpc) is 2.76. The lowest BCUT2D eigenvalue weighted by molar-refractivity contribution is -0.147. The number of thioether (sulfide) groups is 1. The van der Waals surface area contributed by atoms with Gasteiger partial charge in [-0.3, -0.25) is 9.59 Å². The molecule has 0 aromatic heterocycles. The minimum atomic E-state index is -0.601. The fourth-order valence-electron chi connectivity index (χ4n) is 2.62. The van der Waals surface area contributed by atoms with Crippen molar-refractivity contribution in [1.82, 2.24) is 5.32 Å². The summed E-state index contributed by atoms with van der Waals surface area (Å²) in [5, 5.41) is 2.89. The predicted molar refractivity (Wildman–Crippen MR) is 109 cm³/mol. The van der Waals surface area contributed by atoms with Crippen LogP contribution in [0.4, 0.5) is 10.5 Å². The molecule has 1 aromatic rings. The number of benzene rings is 1. The van der Waals surface area contributed by atoms with Gasteiger partial charge in [0.05, 0.1) is 12.1 Å². The van der Waals surface area contributed by atoms with Gasteiger partial charge in [-0.15, -0.1) is 11.8 Å². The molecule has 0 saturated carbocycles. The number of carbonyl (C=O) groups excluding carboxylic acids is 3. The summed E-state index contributed by atoms with van der Waals surface area (Å²) < 4.78 is 10.2. The second-order valence-corrected chi connectivity index (χ2v) is 9.05. The van der Waals surface area contributed by atoms with E-state index in [0.29, 0.717) is 11.8 Å². The Bertz CT molecular complexity index is 717. The zero-order valence-corrected chi connectivity index (χ0v) is 17.6. The van der Waals surface area contributed by atoms with E-state index in [0.717, 1.165) is 17.0 Å². The summed E-state index contributed by atoms with van der Waals surface area (Å²) in [6, 6.07) is 7.75. The maximum Gasteiger partial charge on any atom is 0.407 e. The maximum atomic E-state index is 12.6. The molecule has 8 heteroatoms. The summed E-state index contributed by atoms with van der Waals surface area (Å²) in [6.07, 6.45) is 0.235. The molecule has 0 saturated heterocycles. The zero-order valence-electron chi connectivity index (χ0n) is 16.8. The van der Waals surface area contributed by atoms with Crippen LogP contribution < -0.4 is 10.2 Å². The number of fused-ring (bicyclic) bond motifs is 1. The van der Waals surface area contributed by atoms with Gasteiger partial charge in [0.25, 0.3) is 5.91 Å². The van der Waals surface area contributed by atoms with Crippen LogP contribution in [0.2, 0.25) is 0 Å². The third-order valence-electron chi connectivity index (χ3n) is 3.90. The summed E-state index contributed by atoms with van der Waals surface area (Å²) in [5.74, 6) is -0.800. The Labute approximate surface area is 170 Å². The van der Waals surface area contributed by atoms with Crippen LogP contribution in [0, 0.1) is 0 Å². The molecule has 1 heterocycles. The third kappa shape index (κ3) is 7.07. The van der Waals surface area contributed by atoms with Crippen molar-refractivity contribution in [3.05, 3.63) is 24.3 Å². The molecule has 1 atom stereocenters. The van der Waals surface area contributed by atoms with Crippen LogP contribution in [0.3, 0.4) is 0 Å². The Morgan fingerprint density at radius 3 is 2.68 bits per heavy atom. The number of hydrogen-bond acceptors (Lipinski definition) is 6. The summed E-state index contributed by atoms with van der Waals surface area (Å²) in [7, 11) is 0. The molecule has 1 aliphatic heterocycles. The summed E-state index contributed by atoms with van der Waals surface area (Å²) in [4.78, 5) is 38.8. The molecule has 0 spiro atoms. The van der Waals surface area contributed by atoms with Gasteiger partial charge in [-0.1, -0.05) is 19.1 Å². The number of esters is 1. The Morgan fingerprint density at radius 2 is 1.96 bits per heavy atom. The van der Waals surface area contributed by atoms with E-state index >= 15 is 0 Å². The fourth-order valence-corrected chi connectivity index (χ4v) is 3.73. The number of hydrogen-bond donors (Lipinski definition) is 1. The summed E-state index contributed by atoms with van der Waals surface area (Å²) in [5.41, 5.74) is 0.250. The number of para-hydroxylation sites is 1. The number of nitrogens with zero attached hydrogens (tertiary/aromatic N) is 1. The lowest BCUT2D eigenvalue weighted by Gasteiger charge is -2.22. The first-order valence-electron chi connectivity index (χ1n) is 9.34. The second kappa shape index (κ2) is 9.82. The van der Waals surface area contributed by atoms with E-state index in [1.54, 1.807) is 37.4 Å². The van der Waals surface area contributed by atoms with E-state index < -0.39 is 17.7 Å². The number of alkyl carbamates (subject to hydrolysis) is 1. The highest BCUT2D eigenvalue weighted by atomic mass is 32.2. The Kier molecular flexibility index (Phi) is 7.74. The van der Waals surface area contributed by atoms with Crippen molar-refractivity contribution in [1.29, 1.82) is 0 Å². The molecule has 154 valence electrons. The van der Waals surface area contributed by atoms with Gasteiger partial charge in [-0.25, -0.2) is 4.79 Å². The number of carbonyl (C=O) groups is 3. The van der Waals surface area contributed by atoms with Crippen molar-refractivity contribution in [3.8, 4) is 0 Å². The van der Waals surface area contributed by atoms with Crippen LogP contribution in [0.1, 0.15) is 40.5 Å². The molecule has 0 fully saturated rings. The van der Waals surface area contributed by atoms with E-state index in [1.807, 2.05) is 24.3 Å². The van der Waals surface area contributed by atoms with Crippen LogP contribution in [-0.4, -0.2) is 48.5 Å². The standard InChI is InChI=1S/C20H28N2O5S/c1-14-10-12-22(15-7-5-6-8-16(15)28-14)17(23)13-26-18(24)9-11-21-19(25)27-20(2,3)4/h5-8,14H,9-13H2,1-4H3,(H,21,25)/t14-/m1/s1. The maximum absolute atomic E-state index is 12.6. The van der Waals surface area contributed by atoms with Crippen LogP contribution >= 0.6 is 11.8 Å². The van der Waals surface area contributed by atoms with E-state index in [2.05, 4.69) is 12.2 Å². The largest absolute Gasteiger partial charge is 0.455 e. The Morgan fingerprint density at radius 1 is 1.25 bits per heavy atom. The third-order valence-corrected chi connectivity index (χ3v) is 5.14. The number of amides is 2. The molecular formula is C20H28N2O5S. The Hall–Kier alpha value is -2.22. The molecule has 0 radical (unpaired) electrons. The predicted octanol–water partition coefficient (Wildman–Crippen LogP) is 3.36. The van der Waals surface area contributed by atoms with Crippen molar-refractivity contribution >= 4 is 35.4 Å². The average molecular weight is 409 g/mol. The number of nitrogens with one attached hydrogen (secondary N) is 1. The Balaban J connectivity index is 1.80. The number of rotatable bonds is 5. The molecule has 2 amide bonds. The molecule has 1 N–H and O–H groups in total. The van der Waals surface area contributed by atoms with Gasteiger partial charge in [-0.2, -0.15) is 0 Å². The molecule has 28 heavy (non-hydrogen) atoms. The lowest BCUT2D eigenvalue weighted by Crippen LogP contribution is -2.36. The highest BCUT2D eigenvalue weighted by Gasteiger charge is 2.24. The molecule has 1 aliphatic rings. The SMILES string of the molecule is C[C@@H]1CCN(C(=O)COC(=O)CCNC(=O)OC(C)(C)C)c2ccccc2S1. The van der Waals surface area contributed by atoms with Crippen LogP contribution in [0.25, 0.3) is 0 Å². The molecular weight excluding hydrogens is 380 g/mol. The normalized spacial score (nSPS) is 16.6. The van der Waals surface area contributed by atoms with Gasteiger partial charge in [0, 0.05) is 23.2 Å². The monoisotopic (exact) mass is 408 g/mol. The van der Waals surface area contributed by atoms with E-state index in [-0.39, 0.29) is 25.5 Å². The smallest absolute Gasteiger partial charge is 0.407 e. The van der Waals surface area contributed by atoms with Gasteiger partial charge < -0.3 is 19.7 Å². The second-order valence-electron chi connectivity index (χ2n) is 7.57. The summed E-state index contributed by atoms with van der Waals surface area (Å²) >= 11 is 1.74. The molecule has 0 aliphatic carbocycles. The number of anilines is 1. The fraction of sp³-hybridized carbons (Fsp3) is 0.550. The molecule has 1 aromatic carbocycles.